The second-order valence-corrected chi connectivity index (χ2v) is 2.28. The Morgan fingerprint density at radius 1 is 1.56 bits per heavy atom. The number of aliphatic hydroxyl groups is 1. The van der Waals surface area contributed by atoms with Gasteiger partial charge in [-0.05, 0) is 25.3 Å². The number of rotatable bonds is 3. The molecule has 1 N–H and O–H groups in total. The molecule has 0 aromatic rings. The predicted octanol–water partition coefficient (Wildman–Crippen LogP) is 2.11. The van der Waals surface area contributed by atoms with E-state index in [9.17, 15) is 5.11 Å². The second kappa shape index (κ2) is 4.57. The number of allylic oxidation sites excluding steroid dienone is 1. The Hall–Kier alpha value is -0.300. The smallest absolute Gasteiger partial charge is 0.0744 e. The van der Waals surface area contributed by atoms with Gasteiger partial charge in [-0.3, -0.25) is 0 Å². The molecule has 0 saturated carbocycles. The zero-order valence-corrected chi connectivity index (χ0v) is 6.52. The van der Waals surface area contributed by atoms with E-state index in [1.165, 1.54) is 0 Å². The quantitative estimate of drug-likeness (QED) is 0.577. The summed E-state index contributed by atoms with van der Waals surface area (Å²) in [5, 5.41) is 9.19. The standard InChI is InChI=1S/C8H16O/c1-4-6-7(3)8(9)5-2/h6,8-9H,4-5H2,1-3H3/b7-6+/t8-/m0/s1. The minimum absolute atomic E-state index is 0.218. The van der Waals surface area contributed by atoms with E-state index in [4.69, 9.17) is 0 Å². The van der Waals surface area contributed by atoms with Crippen LogP contribution in [0.1, 0.15) is 33.6 Å². The Morgan fingerprint density at radius 3 is 2.44 bits per heavy atom. The highest BCUT2D eigenvalue weighted by Crippen LogP contribution is 2.04. The maximum atomic E-state index is 9.19. The fraction of sp³-hybridized carbons (Fsp3) is 0.750. The molecule has 0 unspecified atom stereocenters. The summed E-state index contributed by atoms with van der Waals surface area (Å²) in [5.74, 6) is 0. The van der Waals surface area contributed by atoms with Crippen LogP contribution in [0.4, 0.5) is 0 Å². The zero-order chi connectivity index (χ0) is 7.28. The van der Waals surface area contributed by atoms with E-state index in [0.29, 0.717) is 0 Å². The summed E-state index contributed by atoms with van der Waals surface area (Å²) < 4.78 is 0. The lowest BCUT2D eigenvalue weighted by Crippen LogP contribution is -2.05. The van der Waals surface area contributed by atoms with E-state index in [-0.39, 0.29) is 6.10 Å². The molecule has 0 amide bonds. The lowest BCUT2D eigenvalue weighted by Gasteiger charge is -2.06. The number of hydrogen-bond donors (Lipinski definition) is 1. The van der Waals surface area contributed by atoms with Crippen molar-refractivity contribution in [2.45, 2.75) is 39.7 Å². The van der Waals surface area contributed by atoms with Crippen molar-refractivity contribution in [2.75, 3.05) is 0 Å². The van der Waals surface area contributed by atoms with Crippen LogP contribution in [-0.4, -0.2) is 11.2 Å². The van der Waals surface area contributed by atoms with E-state index in [0.717, 1.165) is 18.4 Å². The monoisotopic (exact) mass is 128 g/mol. The third-order valence-corrected chi connectivity index (χ3v) is 1.44. The van der Waals surface area contributed by atoms with Gasteiger partial charge in [0.1, 0.15) is 0 Å². The molecule has 0 bridgehead atoms. The van der Waals surface area contributed by atoms with Crippen LogP contribution >= 0.6 is 0 Å². The lowest BCUT2D eigenvalue weighted by atomic mass is 10.1. The lowest BCUT2D eigenvalue weighted by molar-refractivity contribution is 0.206. The van der Waals surface area contributed by atoms with E-state index in [1.54, 1.807) is 0 Å². The summed E-state index contributed by atoms with van der Waals surface area (Å²) in [7, 11) is 0. The maximum Gasteiger partial charge on any atom is 0.0744 e. The van der Waals surface area contributed by atoms with E-state index in [2.05, 4.69) is 13.0 Å². The van der Waals surface area contributed by atoms with Gasteiger partial charge in [-0.25, -0.2) is 0 Å². The molecule has 1 nitrogen and oxygen atoms in total. The van der Waals surface area contributed by atoms with E-state index >= 15 is 0 Å². The molecule has 0 saturated heterocycles. The molecule has 0 spiro atoms. The highest BCUT2D eigenvalue weighted by Gasteiger charge is 1.99. The summed E-state index contributed by atoms with van der Waals surface area (Å²) in [6, 6.07) is 0. The normalized spacial score (nSPS) is 15.8. The van der Waals surface area contributed by atoms with Crippen molar-refractivity contribution in [3.8, 4) is 0 Å². The molecule has 0 aliphatic rings. The van der Waals surface area contributed by atoms with Crippen molar-refractivity contribution in [2.24, 2.45) is 0 Å². The second-order valence-electron chi connectivity index (χ2n) is 2.28. The van der Waals surface area contributed by atoms with Crippen LogP contribution in [-0.2, 0) is 0 Å². The minimum Gasteiger partial charge on any atom is -0.389 e. The van der Waals surface area contributed by atoms with Gasteiger partial charge in [-0.2, -0.15) is 0 Å². The molecular weight excluding hydrogens is 112 g/mol. The molecule has 0 radical (unpaired) electrons. The molecule has 0 heterocycles. The first-order chi connectivity index (χ1) is 4.22. The Bertz CT molecular complexity index is 94.7. The molecule has 1 atom stereocenters. The maximum absolute atomic E-state index is 9.19. The molecule has 0 aromatic carbocycles. The van der Waals surface area contributed by atoms with Gasteiger partial charge in [0.2, 0.25) is 0 Å². The van der Waals surface area contributed by atoms with Crippen molar-refractivity contribution < 1.29 is 5.11 Å². The van der Waals surface area contributed by atoms with Crippen LogP contribution in [0.5, 0.6) is 0 Å². The van der Waals surface area contributed by atoms with Gasteiger partial charge in [0.15, 0.2) is 0 Å². The van der Waals surface area contributed by atoms with Crippen molar-refractivity contribution >= 4 is 0 Å². The van der Waals surface area contributed by atoms with E-state index in [1.807, 2.05) is 13.8 Å². The SMILES string of the molecule is CC/C=C(\C)[C@@H](O)CC. The van der Waals surface area contributed by atoms with Gasteiger partial charge in [0.05, 0.1) is 6.10 Å². The van der Waals surface area contributed by atoms with Gasteiger partial charge in [0.25, 0.3) is 0 Å². The summed E-state index contributed by atoms with van der Waals surface area (Å²) in [5.41, 5.74) is 1.10. The average Bonchev–Trinajstić information content (AvgIpc) is 1.87. The van der Waals surface area contributed by atoms with Crippen LogP contribution < -0.4 is 0 Å². The molecular formula is C8H16O. The summed E-state index contributed by atoms with van der Waals surface area (Å²) >= 11 is 0. The van der Waals surface area contributed by atoms with Crippen LogP contribution in [0.15, 0.2) is 11.6 Å². The molecule has 54 valence electrons. The molecule has 0 aromatic heterocycles. The highest BCUT2D eigenvalue weighted by molar-refractivity contribution is 5.03. The molecule has 0 aliphatic heterocycles. The van der Waals surface area contributed by atoms with Crippen LogP contribution in [0.25, 0.3) is 0 Å². The fourth-order valence-electron chi connectivity index (χ4n) is 0.780. The Labute approximate surface area is 57.4 Å². The number of aliphatic hydroxyl groups excluding tert-OH is 1. The Kier molecular flexibility index (Phi) is 4.41. The Morgan fingerprint density at radius 2 is 2.11 bits per heavy atom. The summed E-state index contributed by atoms with van der Waals surface area (Å²) in [6.07, 6.45) is 3.68. The summed E-state index contributed by atoms with van der Waals surface area (Å²) in [6.45, 7) is 6.03. The summed E-state index contributed by atoms with van der Waals surface area (Å²) in [4.78, 5) is 0. The fourth-order valence-corrected chi connectivity index (χ4v) is 0.780. The Balaban J connectivity index is 3.70. The third kappa shape index (κ3) is 3.31. The predicted molar refractivity (Wildman–Crippen MR) is 40.3 cm³/mol. The third-order valence-electron chi connectivity index (χ3n) is 1.44. The zero-order valence-electron chi connectivity index (χ0n) is 6.52. The first-order valence-corrected chi connectivity index (χ1v) is 3.57. The molecule has 0 rings (SSSR count). The first-order valence-electron chi connectivity index (χ1n) is 3.57. The van der Waals surface area contributed by atoms with Crippen molar-refractivity contribution in [3.63, 3.8) is 0 Å². The van der Waals surface area contributed by atoms with Crippen molar-refractivity contribution in [1.29, 1.82) is 0 Å². The average molecular weight is 128 g/mol. The van der Waals surface area contributed by atoms with Crippen LogP contribution in [0, 0.1) is 0 Å². The van der Waals surface area contributed by atoms with Crippen LogP contribution in [0.2, 0.25) is 0 Å². The highest BCUT2D eigenvalue weighted by atomic mass is 16.3. The van der Waals surface area contributed by atoms with Crippen LogP contribution in [0.3, 0.4) is 0 Å². The van der Waals surface area contributed by atoms with E-state index < -0.39 is 0 Å². The molecule has 0 fully saturated rings. The van der Waals surface area contributed by atoms with Crippen molar-refractivity contribution in [3.05, 3.63) is 11.6 Å². The first kappa shape index (κ1) is 8.70. The largest absolute Gasteiger partial charge is 0.389 e. The molecule has 9 heavy (non-hydrogen) atoms. The van der Waals surface area contributed by atoms with Gasteiger partial charge in [-0.1, -0.05) is 19.9 Å². The number of hydrogen-bond acceptors (Lipinski definition) is 1. The van der Waals surface area contributed by atoms with Gasteiger partial charge in [-0.15, -0.1) is 0 Å². The molecule has 0 aliphatic carbocycles. The van der Waals surface area contributed by atoms with Gasteiger partial charge in [0, 0.05) is 0 Å². The minimum atomic E-state index is -0.218. The van der Waals surface area contributed by atoms with Crippen molar-refractivity contribution in [1.82, 2.24) is 0 Å². The van der Waals surface area contributed by atoms with Gasteiger partial charge < -0.3 is 5.11 Å². The van der Waals surface area contributed by atoms with Gasteiger partial charge >= 0.3 is 0 Å². The molecule has 1 heteroatoms. The topological polar surface area (TPSA) is 20.2 Å².